The number of anilines is 1. The van der Waals surface area contributed by atoms with Gasteiger partial charge in [-0.2, -0.15) is 9.36 Å². The normalized spacial score (nSPS) is 10.6. The number of aromatic nitrogens is 2. The summed E-state index contributed by atoms with van der Waals surface area (Å²) in [6.07, 6.45) is 1.62. The van der Waals surface area contributed by atoms with Crippen molar-refractivity contribution < 1.29 is 13.5 Å². The first kappa shape index (κ1) is 12.7. The number of nitrogens with zero attached hydrogens (tertiary/aromatic N) is 2. The number of ether oxygens (including phenoxy) is 1. The second-order valence-corrected chi connectivity index (χ2v) is 4.35. The Morgan fingerprint density at radius 2 is 2.11 bits per heavy atom. The molecule has 96 valence electrons. The lowest BCUT2D eigenvalue weighted by Crippen LogP contribution is -1.95. The highest BCUT2D eigenvalue weighted by molar-refractivity contribution is 7.07. The van der Waals surface area contributed by atoms with Crippen LogP contribution in [0.5, 0.6) is 10.9 Å². The molecule has 0 aliphatic rings. The maximum Gasteiger partial charge on any atom is 0.298 e. The van der Waals surface area contributed by atoms with Gasteiger partial charge in [0.1, 0.15) is 11.6 Å². The minimum absolute atomic E-state index is 0.182. The highest BCUT2D eigenvalue weighted by Gasteiger charge is 2.12. The average molecular weight is 271 g/mol. The van der Waals surface area contributed by atoms with Crippen LogP contribution in [0.25, 0.3) is 0 Å². The predicted octanol–water partition coefficient (Wildman–Crippen LogP) is 3.14. The van der Waals surface area contributed by atoms with Gasteiger partial charge < -0.3 is 10.5 Å². The molecule has 0 radical (unpaired) electrons. The third-order valence-corrected chi connectivity index (χ3v) is 2.80. The van der Waals surface area contributed by atoms with Crippen molar-refractivity contribution in [3.63, 3.8) is 0 Å². The van der Waals surface area contributed by atoms with Crippen molar-refractivity contribution in [2.45, 2.75) is 19.8 Å². The summed E-state index contributed by atoms with van der Waals surface area (Å²) in [5, 5.41) is 0.182. The van der Waals surface area contributed by atoms with Gasteiger partial charge in [0.15, 0.2) is 11.6 Å². The molecule has 0 aliphatic carbocycles. The largest absolute Gasteiger partial charge is 0.427 e. The van der Waals surface area contributed by atoms with Crippen LogP contribution >= 0.6 is 11.5 Å². The van der Waals surface area contributed by atoms with Crippen LogP contribution in [0.4, 0.5) is 14.5 Å². The Kier molecular flexibility index (Phi) is 3.71. The first-order chi connectivity index (χ1) is 8.60. The lowest BCUT2D eigenvalue weighted by molar-refractivity contribution is 0.433. The molecule has 0 spiro atoms. The van der Waals surface area contributed by atoms with Gasteiger partial charge in [-0.15, -0.1) is 0 Å². The van der Waals surface area contributed by atoms with E-state index >= 15 is 0 Å². The number of aryl methyl sites for hydroxylation is 1. The minimum Gasteiger partial charge on any atom is -0.427 e. The Hall–Kier alpha value is -1.76. The third kappa shape index (κ3) is 2.73. The van der Waals surface area contributed by atoms with E-state index < -0.39 is 11.6 Å². The SMILES string of the molecule is CCCc1nsc(Oc2cc(F)c(N)cc2F)n1. The van der Waals surface area contributed by atoms with Gasteiger partial charge in [-0.25, -0.2) is 8.78 Å². The molecule has 1 aromatic carbocycles. The number of nitrogens with two attached hydrogens (primary N) is 1. The van der Waals surface area contributed by atoms with Crippen LogP contribution in [0.1, 0.15) is 19.2 Å². The molecule has 0 amide bonds. The summed E-state index contributed by atoms with van der Waals surface area (Å²) >= 11 is 0.999. The lowest BCUT2D eigenvalue weighted by Gasteiger charge is -2.04. The Bertz CT molecular complexity index is 559. The molecule has 0 atom stereocenters. The first-order valence-electron chi connectivity index (χ1n) is 5.35. The van der Waals surface area contributed by atoms with E-state index in [1.54, 1.807) is 0 Å². The van der Waals surface area contributed by atoms with E-state index in [0.717, 1.165) is 36.5 Å². The molecule has 1 aromatic heterocycles. The molecule has 0 unspecified atom stereocenters. The number of halogens is 2. The fraction of sp³-hybridized carbons (Fsp3) is 0.273. The van der Waals surface area contributed by atoms with E-state index in [1.807, 2.05) is 6.92 Å². The highest BCUT2D eigenvalue weighted by Crippen LogP contribution is 2.28. The molecular weight excluding hydrogens is 260 g/mol. The molecule has 0 fully saturated rings. The van der Waals surface area contributed by atoms with Crippen LogP contribution in [-0.4, -0.2) is 9.36 Å². The molecule has 0 bridgehead atoms. The van der Waals surface area contributed by atoms with Crippen molar-refractivity contribution in [3.05, 3.63) is 29.6 Å². The van der Waals surface area contributed by atoms with Gasteiger partial charge in [-0.05, 0) is 6.42 Å². The molecule has 2 N–H and O–H groups in total. The van der Waals surface area contributed by atoms with Crippen LogP contribution in [0.3, 0.4) is 0 Å². The van der Waals surface area contributed by atoms with Crippen LogP contribution in [-0.2, 0) is 6.42 Å². The zero-order valence-electron chi connectivity index (χ0n) is 9.61. The quantitative estimate of drug-likeness (QED) is 0.868. The van der Waals surface area contributed by atoms with E-state index in [2.05, 4.69) is 9.36 Å². The second kappa shape index (κ2) is 5.26. The second-order valence-electron chi connectivity index (χ2n) is 3.63. The molecule has 18 heavy (non-hydrogen) atoms. The van der Waals surface area contributed by atoms with E-state index in [-0.39, 0.29) is 16.6 Å². The molecule has 0 saturated carbocycles. The smallest absolute Gasteiger partial charge is 0.298 e. The highest BCUT2D eigenvalue weighted by atomic mass is 32.1. The summed E-state index contributed by atoms with van der Waals surface area (Å²) in [5.74, 6) is -1.08. The monoisotopic (exact) mass is 271 g/mol. The zero-order chi connectivity index (χ0) is 13.1. The van der Waals surface area contributed by atoms with Crippen molar-refractivity contribution in [2.75, 3.05) is 5.73 Å². The van der Waals surface area contributed by atoms with E-state index in [1.165, 1.54) is 0 Å². The molecular formula is C11H11F2N3OS. The van der Waals surface area contributed by atoms with Gasteiger partial charge >= 0.3 is 0 Å². The van der Waals surface area contributed by atoms with E-state index in [4.69, 9.17) is 10.5 Å². The Morgan fingerprint density at radius 1 is 1.33 bits per heavy atom. The van der Waals surface area contributed by atoms with Crippen LogP contribution in [0, 0.1) is 11.6 Å². The van der Waals surface area contributed by atoms with Crippen molar-refractivity contribution in [2.24, 2.45) is 0 Å². The van der Waals surface area contributed by atoms with E-state index in [9.17, 15) is 8.78 Å². The van der Waals surface area contributed by atoms with Gasteiger partial charge in [-0.1, -0.05) is 6.92 Å². The lowest BCUT2D eigenvalue weighted by atomic mass is 10.3. The summed E-state index contributed by atoms with van der Waals surface area (Å²) in [6.45, 7) is 2.00. The van der Waals surface area contributed by atoms with Crippen LogP contribution < -0.4 is 10.5 Å². The zero-order valence-corrected chi connectivity index (χ0v) is 10.4. The number of hydrogen-bond acceptors (Lipinski definition) is 5. The minimum atomic E-state index is -0.735. The molecule has 0 saturated heterocycles. The summed E-state index contributed by atoms with van der Waals surface area (Å²) in [6, 6.07) is 1.77. The number of benzene rings is 1. The Balaban J connectivity index is 2.20. The van der Waals surface area contributed by atoms with Crippen molar-refractivity contribution in [1.82, 2.24) is 9.36 Å². The standard InChI is InChI=1S/C11H11F2N3OS/c1-2-3-10-15-11(18-16-10)17-9-5-6(12)8(14)4-7(9)13/h4-5H,2-3,14H2,1H3. The Labute approximate surface area is 107 Å². The topological polar surface area (TPSA) is 61.0 Å². The predicted molar refractivity (Wildman–Crippen MR) is 64.7 cm³/mol. The van der Waals surface area contributed by atoms with Gasteiger partial charge in [-0.3, -0.25) is 0 Å². The van der Waals surface area contributed by atoms with Gasteiger partial charge in [0.05, 0.1) is 5.69 Å². The van der Waals surface area contributed by atoms with Crippen LogP contribution in [0.15, 0.2) is 12.1 Å². The third-order valence-electron chi connectivity index (χ3n) is 2.17. The van der Waals surface area contributed by atoms with Gasteiger partial charge in [0.2, 0.25) is 0 Å². The molecule has 0 aliphatic heterocycles. The average Bonchev–Trinajstić information content (AvgIpc) is 2.74. The van der Waals surface area contributed by atoms with Crippen molar-refractivity contribution >= 4 is 17.2 Å². The summed E-state index contributed by atoms with van der Waals surface area (Å²) in [7, 11) is 0. The van der Waals surface area contributed by atoms with Crippen molar-refractivity contribution in [3.8, 4) is 10.9 Å². The maximum atomic E-state index is 13.5. The maximum absolute atomic E-state index is 13.5. The summed E-state index contributed by atoms with van der Waals surface area (Å²) < 4.78 is 35.8. The first-order valence-corrected chi connectivity index (χ1v) is 6.12. The van der Waals surface area contributed by atoms with E-state index in [0.29, 0.717) is 5.82 Å². The number of rotatable bonds is 4. The summed E-state index contributed by atoms with van der Waals surface area (Å²) in [5.41, 5.74) is 4.97. The molecule has 4 nitrogen and oxygen atoms in total. The summed E-state index contributed by atoms with van der Waals surface area (Å²) in [4.78, 5) is 4.05. The number of nitrogen functional groups attached to an aromatic ring is 1. The fourth-order valence-corrected chi connectivity index (χ4v) is 1.91. The molecule has 2 aromatic rings. The Morgan fingerprint density at radius 3 is 2.83 bits per heavy atom. The van der Waals surface area contributed by atoms with Gasteiger partial charge in [0, 0.05) is 30.1 Å². The van der Waals surface area contributed by atoms with Crippen LogP contribution in [0.2, 0.25) is 0 Å². The van der Waals surface area contributed by atoms with Crippen molar-refractivity contribution in [1.29, 1.82) is 0 Å². The van der Waals surface area contributed by atoms with Gasteiger partial charge in [0.25, 0.3) is 5.19 Å². The molecule has 7 heteroatoms. The molecule has 2 rings (SSSR count). The molecule has 1 heterocycles. The number of hydrogen-bond donors (Lipinski definition) is 1. The fourth-order valence-electron chi connectivity index (χ4n) is 1.32.